The number of phosphoric ester groups is 1. The number of imidazole rings is 1. The van der Waals surface area contributed by atoms with E-state index in [9.17, 15) is 18.8 Å². The maximum atomic E-state index is 13.3. The van der Waals surface area contributed by atoms with Crippen molar-refractivity contribution in [3.8, 4) is 0 Å². The fourth-order valence-electron chi connectivity index (χ4n) is 4.62. The van der Waals surface area contributed by atoms with Crippen molar-refractivity contribution in [3.05, 3.63) is 57.5 Å². The van der Waals surface area contributed by atoms with Gasteiger partial charge in [-0.1, -0.05) is 18.2 Å². The van der Waals surface area contributed by atoms with Gasteiger partial charge in [0.15, 0.2) is 23.2 Å². The van der Waals surface area contributed by atoms with E-state index in [2.05, 4.69) is 24.5 Å². The van der Waals surface area contributed by atoms with Crippen LogP contribution in [0.5, 0.6) is 0 Å². The van der Waals surface area contributed by atoms with Crippen LogP contribution < -0.4 is 5.56 Å². The lowest BCUT2D eigenvalue weighted by atomic mass is 10.1. The highest BCUT2D eigenvalue weighted by Gasteiger charge is 2.57. The highest BCUT2D eigenvalue weighted by atomic mass is 32.7. The number of phosphoric acid groups is 1. The Bertz CT molecular complexity index is 1710. The standard InChI is InChI=1S/C22H27N7O12P2S/c1-22(2)40-16-14(10-38-42(31,32)33)39-20(17(16)41-22)29-18-15(25-21(29)26-27-23)19(30)28(11-24-18)12-36-8-9-37-43(34,35)44-13-6-4-3-5-7-13/h3-7,11,14,16-17,20H,8-10,12H2,1-2H3,(H,34,35)(H2,31,32,33)/t14-,16-,17-,20-/m1/s1. The summed E-state index contributed by atoms with van der Waals surface area (Å²) in [6.07, 6.45) is -2.75. The summed E-state index contributed by atoms with van der Waals surface area (Å²) < 4.78 is 58.9. The maximum absolute atomic E-state index is 13.3. The zero-order valence-corrected chi connectivity index (χ0v) is 25.7. The summed E-state index contributed by atoms with van der Waals surface area (Å²) >= 11 is 0.686. The van der Waals surface area contributed by atoms with Crippen LogP contribution in [0.3, 0.4) is 0 Å². The Morgan fingerprint density at radius 3 is 2.57 bits per heavy atom. The highest BCUT2D eigenvalue weighted by molar-refractivity contribution is 8.54. The molecule has 0 bridgehead atoms. The minimum absolute atomic E-state index is 0.0373. The van der Waals surface area contributed by atoms with Gasteiger partial charge >= 0.3 is 14.6 Å². The van der Waals surface area contributed by atoms with Crippen LogP contribution in [0.4, 0.5) is 5.95 Å². The minimum Gasteiger partial charge on any atom is -0.358 e. The van der Waals surface area contributed by atoms with Crippen LogP contribution in [-0.4, -0.2) is 77.7 Å². The van der Waals surface area contributed by atoms with E-state index in [-0.39, 0.29) is 37.1 Å². The van der Waals surface area contributed by atoms with Crippen LogP contribution in [0, 0.1) is 0 Å². The van der Waals surface area contributed by atoms with Crippen LogP contribution in [0.2, 0.25) is 0 Å². The molecule has 0 amide bonds. The zero-order valence-electron chi connectivity index (χ0n) is 23.1. The van der Waals surface area contributed by atoms with E-state index < -0.39 is 57.1 Å². The third kappa shape index (κ3) is 7.58. The van der Waals surface area contributed by atoms with Gasteiger partial charge in [-0.2, -0.15) is 0 Å². The SMILES string of the molecule is CC1(C)O[C@@H]2[C@H](O1)[C@@H](COP(=O)(O)O)O[C@H]2n1c(N=[N+]=[N-])nc2c(=O)n(COCCOP(=O)(O)Sc3ccccc3)cnc21. The van der Waals surface area contributed by atoms with Crippen molar-refractivity contribution in [2.75, 3.05) is 19.8 Å². The fourth-order valence-corrected chi connectivity index (χ4v) is 7.41. The Hall–Kier alpha value is -2.67. The molecule has 44 heavy (non-hydrogen) atoms. The van der Waals surface area contributed by atoms with E-state index in [0.29, 0.717) is 16.3 Å². The van der Waals surface area contributed by atoms with Crippen molar-refractivity contribution in [3.63, 3.8) is 0 Å². The quantitative estimate of drug-likeness (QED) is 0.0774. The number of ether oxygens (including phenoxy) is 4. The van der Waals surface area contributed by atoms with Crippen molar-refractivity contribution in [2.24, 2.45) is 5.11 Å². The van der Waals surface area contributed by atoms with Crippen molar-refractivity contribution in [1.29, 1.82) is 0 Å². The normalized spacial score (nSPS) is 24.2. The second-order valence-corrected chi connectivity index (χ2v) is 14.8. The third-order valence-electron chi connectivity index (χ3n) is 6.25. The fraction of sp³-hybridized carbons (Fsp3) is 0.500. The Kier molecular flexibility index (Phi) is 9.65. The van der Waals surface area contributed by atoms with E-state index >= 15 is 0 Å². The van der Waals surface area contributed by atoms with Gasteiger partial charge < -0.3 is 33.6 Å². The molecule has 2 aliphatic heterocycles. The smallest absolute Gasteiger partial charge is 0.358 e. The second-order valence-electron chi connectivity index (χ2n) is 9.82. The predicted molar refractivity (Wildman–Crippen MR) is 150 cm³/mol. The first kappa shape index (κ1) is 32.7. The van der Waals surface area contributed by atoms with Crippen molar-refractivity contribution < 1.29 is 51.8 Å². The van der Waals surface area contributed by atoms with Gasteiger partial charge in [0.05, 0.1) is 19.8 Å². The molecule has 238 valence electrons. The third-order valence-corrected chi connectivity index (χ3v) is 9.60. The van der Waals surface area contributed by atoms with E-state index in [1.165, 1.54) is 4.57 Å². The monoisotopic (exact) mass is 675 g/mol. The summed E-state index contributed by atoms with van der Waals surface area (Å²) in [5.41, 5.74) is 8.25. The molecular formula is C22H27N7O12P2S. The largest absolute Gasteiger partial charge is 0.469 e. The Balaban J connectivity index is 1.31. The first-order chi connectivity index (χ1) is 20.8. The summed E-state index contributed by atoms with van der Waals surface area (Å²) in [5.74, 6) is -1.40. The Labute approximate surface area is 252 Å². The summed E-state index contributed by atoms with van der Waals surface area (Å²) in [5, 5.41) is 3.57. The number of azide groups is 1. The lowest BCUT2D eigenvalue weighted by Crippen LogP contribution is -2.32. The molecule has 2 aromatic heterocycles. The topological polar surface area (TPSA) is 252 Å². The molecule has 0 spiro atoms. The molecule has 2 fully saturated rings. The molecule has 22 heteroatoms. The average Bonchev–Trinajstić information content (AvgIpc) is 3.57. The Morgan fingerprint density at radius 2 is 1.86 bits per heavy atom. The number of fused-ring (bicyclic) bond motifs is 2. The average molecular weight is 676 g/mol. The molecule has 2 saturated heterocycles. The first-order valence-corrected chi connectivity index (χ1v) is 17.3. The molecule has 4 heterocycles. The van der Waals surface area contributed by atoms with Gasteiger partial charge in [0.25, 0.3) is 5.56 Å². The van der Waals surface area contributed by atoms with Gasteiger partial charge in [0.1, 0.15) is 31.4 Å². The van der Waals surface area contributed by atoms with E-state index in [0.717, 1.165) is 10.9 Å². The molecule has 0 aliphatic carbocycles. The van der Waals surface area contributed by atoms with Crippen LogP contribution >= 0.6 is 26.0 Å². The zero-order chi connectivity index (χ0) is 31.7. The van der Waals surface area contributed by atoms with Gasteiger partial charge in [-0.05, 0) is 48.0 Å². The molecule has 3 N–H and O–H groups in total. The molecule has 5 rings (SSSR count). The molecule has 19 nitrogen and oxygen atoms in total. The molecule has 0 radical (unpaired) electrons. The van der Waals surface area contributed by atoms with Crippen molar-refractivity contribution in [1.82, 2.24) is 19.1 Å². The molecule has 5 atom stereocenters. The number of hydrogen-bond acceptors (Lipinski definition) is 13. The summed E-state index contributed by atoms with van der Waals surface area (Å²) in [6, 6.07) is 8.57. The molecule has 3 aromatic rings. The van der Waals surface area contributed by atoms with E-state index in [1.807, 2.05) is 0 Å². The Morgan fingerprint density at radius 1 is 1.14 bits per heavy atom. The van der Waals surface area contributed by atoms with E-state index in [1.54, 1.807) is 44.2 Å². The van der Waals surface area contributed by atoms with Gasteiger partial charge in [0, 0.05) is 9.81 Å². The molecule has 1 aromatic carbocycles. The number of benzene rings is 1. The molecule has 1 unspecified atom stereocenters. The summed E-state index contributed by atoms with van der Waals surface area (Å²) in [7, 11) is -4.84. The summed E-state index contributed by atoms with van der Waals surface area (Å²) in [4.78, 5) is 53.4. The van der Waals surface area contributed by atoms with Gasteiger partial charge in [-0.15, -0.1) is 0 Å². The van der Waals surface area contributed by atoms with Gasteiger partial charge in [0.2, 0.25) is 5.95 Å². The number of hydrogen-bond donors (Lipinski definition) is 3. The first-order valence-electron chi connectivity index (χ1n) is 12.8. The van der Waals surface area contributed by atoms with E-state index in [4.69, 9.17) is 38.8 Å². The highest BCUT2D eigenvalue weighted by Crippen LogP contribution is 2.59. The summed E-state index contributed by atoms with van der Waals surface area (Å²) in [6.45, 7) is -1.96. The number of aromatic nitrogens is 4. The predicted octanol–water partition coefficient (Wildman–Crippen LogP) is 2.95. The maximum Gasteiger partial charge on any atom is 0.469 e. The van der Waals surface area contributed by atoms with Crippen LogP contribution in [0.25, 0.3) is 21.6 Å². The lowest BCUT2D eigenvalue weighted by Gasteiger charge is -2.25. The van der Waals surface area contributed by atoms with Crippen LogP contribution in [0.15, 0.2) is 51.5 Å². The molecule has 0 saturated carbocycles. The number of rotatable bonds is 13. The van der Waals surface area contributed by atoms with Crippen molar-refractivity contribution >= 4 is 43.1 Å². The molecular weight excluding hydrogens is 648 g/mol. The van der Waals surface area contributed by atoms with Crippen LogP contribution in [0.1, 0.15) is 20.1 Å². The number of nitrogens with zero attached hydrogens (tertiary/aromatic N) is 7. The lowest BCUT2D eigenvalue weighted by molar-refractivity contribution is -0.199. The van der Waals surface area contributed by atoms with Gasteiger partial charge in [-0.3, -0.25) is 23.0 Å². The minimum atomic E-state index is -4.84. The van der Waals surface area contributed by atoms with Crippen LogP contribution in [-0.2, 0) is 43.9 Å². The van der Waals surface area contributed by atoms with Gasteiger partial charge in [-0.25, -0.2) is 19.1 Å². The second kappa shape index (κ2) is 13.0. The molecule has 2 aliphatic rings. The van der Waals surface area contributed by atoms with Crippen molar-refractivity contribution in [2.45, 2.75) is 55.8 Å².